The first kappa shape index (κ1) is 14.8. The normalized spacial score (nSPS) is 12.0. The van der Waals surface area contributed by atoms with Gasteiger partial charge in [-0.15, -0.1) is 5.10 Å². The molecule has 1 aromatic heterocycles. The van der Waals surface area contributed by atoms with E-state index < -0.39 is 5.97 Å². The minimum absolute atomic E-state index is 0.117. The molecule has 120 valence electrons. The second-order valence-electron chi connectivity index (χ2n) is 4.59. The van der Waals surface area contributed by atoms with Gasteiger partial charge >= 0.3 is 5.97 Å². The maximum atomic E-state index is 12.2. The Morgan fingerprint density at radius 1 is 1.35 bits per heavy atom. The minimum atomic E-state index is -0.447. The van der Waals surface area contributed by atoms with Crippen molar-refractivity contribution in [2.75, 3.05) is 18.7 Å². The fraction of sp³-hybridized carbons (Fsp3) is 0.286. The molecule has 0 unspecified atom stereocenters. The Balaban J connectivity index is 1.64. The van der Waals surface area contributed by atoms with Crippen LogP contribution in [0.25, 0.3) is 0 Å². The first-order chi connectivity index (χ1) is 11.2. The lowest BCUT2D eigenvalue weighted by Gasteiger charge is -2.03. The molecule has 2 aromatic rings. The van der Waals surface area contributed by atoms with Crippen molar-refractivity contribution in [1.29, 1.82) is 0 Å². The summed E-state index contributed by atoms with van der Waals surface area (Å²) in [7, 11) is 0. The Morgan fingerprint density at radius 2 is 2.17 bits per heavy atom. The zero-order valence-corrected chi connectivity index (χ0v) is 12.3. The van der Waals surface area contributed by atoms with Crippen LogP contribution in [0.4, 0.5) is 5.82 Å². The third kappa shape index (κ3) is 3.39. The van der Waals surface area contributed by atoms with E-state index >= 15 is 0 Å². The van der Waals surface area contributed by atoms with E-state index in [9.17, 15) is 9.59 Å². The monoisotopic (exact) mass is 318 g/mol. The second kappa shape index (κ2) is 6.34. The summed E-state index contributed by atoms with van der Waals surface area (Å²) in [6, 6.07) is 4.86. The average molecular weight is 318 g/mol. The Labute approximate surface area is 131 Å². The molecule has 0 saturated carbocycles. The molecule has 23 heavy (non-hydrogen) atoms. The molecule has 1 amide bonds. The lowest BCUT2D eigenvalue weighted by Crippen LogP contribution is -2.16. The zero-order chi connectivity index (χ0) is 16.2. The van der Waals surface area contributed by atoms with Gasteiger partial charge in [-0.3, -0.25) is 4.79 Å². The number of nitrogens with zero attached hydrogens (tertiary/aromatic N) is 3. The van der Waals surface area contributed by atoms with Crippen molar-refractivity contribution in [3.63, 3.8) is 0 Å². The van der Waals surface area contributed by atoms with Gasteiger partial charge in [0, 0.05) is 5.56 Å². The molecule has 0 bridgehead atoms. The maximum Gasteiger partial charge on any atom is 0.329 e. The van der Waals surface area contributed by atoms with Crippen molar-refractivity contribution in [1.82, 2.24) is 15.0 Å². The number of ether oxygens (including phenoxy) is 3. The summed E-state index contributed by atoms with van der Waals surface area (Å²) in [5.41, 5.74) is 0.397. The summed E-state index contributed by atoms with van der Waals surface area (Å²) in [4.78, 5) is 24.7. The summed E-state index contributed by atoms with van der Waals surface area (Å²) in [5, 5.41) is 10.5. The van der Waals surface area contributed by atoms with Crippen LogP contribution < -0.4 is 14.8 Å². The van der Waals surface area contributed by atoms with Crippen LogP contribution in [0, 0.1) is 0 Å². The van der Waals surface area contributed by atoms with Crippen molar-refractivity contribution in [2.45, 2.75) is 13.5 Å². The van der Waals surface area contributed by atoms with Crippen LogP contribution in [-0.2, 0) is 16.1 Å². The molecule has 1 aliphatic rings. The van der Waals surface area contributed by atoms with Gasteiger partial charge in [-0.1, -0.05) is 0 Å². The summed E-state index contributed by atoms with van der Waals surface area (Å²) in [6.07, 6.45) is 1.35. The van der Waals surface area contributed by atoms with Gasteiger partial charge in [0.15, 0.2) is 23.9 Å². The minimum Gasteiger partial charge on any atom is -0.465 e. The van der Waals surface area contributed by atoms with Crippen LogP contribution in [0.1, 0.15) is 17.3 Å². The van der Waals surface area contributed by atoms with Gasteiger partial charge in [0.1, 0.15) is 0 Å². The van der Waals surface area contributed by atoms with Gasteiger partial charge in [-0.25, -0.2) is 4.79 Å². The van der Waals surface area contributed by atoms with Crippen molar-refractivity contribution >= 4 is 17.7 Å². The Hall–Kier alpha value is -3.10. The lowest BCUT2D eigenvalue weighted by molar-refractivity contribution is -0.144. The Kier molecular flexibility index (Phi) is 4.09. The van der Waals surface area contributed by atoms with Gasteiger partial charge in [-0.2, -0.15) is 9.90 Å². The molecule has 1 N–H and O–H groups in total. The van der Waals surface area contributed by atoms with Crippen molar-refractivity contribution in [3.05, 3.63) is 30.0 Å². The largest absolute Gasteiger partial charge is 0.465 e. The van der Waals surface area contributed by atoms with Crippen LogP contribution in [0.3, 0.4) is 0 Å². The highest BCUT2D eigenvalue weighted by molar-refractivity contribution is 6.04. The molecule has 0 saturated heterocycles. The van der Waals surface area contributed by atoms with Crippen LogP contribution >= 0.6 is 0 Å². The molecule has 2 heterocycles. The van der Waals surface area contributed by atoms with Crippen LogP contribution in [0.15, 0.2) is 24.4 Å². The van der Waals surface area contributed by atoms with Gasteiger partial charge in [0.2, 0.25) is 6.79 Å². The first-order valence-corrected chi connectivity index (χ1v) is 6.92. The highest BCUT2D eigenvalue weighted by atomic mass is 16.7. The molecule has 9 heteroatoms. The molecule has 0 radical (unpaired) electrons. The van der Waals surface area contributed by atoms with E-state index in [-0.39, 0.29) is 31.7 Å². The first-order valence-electron chi connectivity index (χ1n) is 6.92. The quantitative estimate of drug-likeness (QED) is 0.814. The number of anilines is 1. The third-order valence-electron chi connectivity index (χ3n) is 2.99. The molecule has 3 rings (SSSR count). The summed E-state index contributed by atoms with van der Waals surface area (Å²) < 4.78 is 15.2. The molecule has 0 aliphatic carbocycles. The predicted molar refractivity (Wildman–Crippen MR) is 77.2 cm³/mol. The second-order valence-corrected chi connectivity index (χ2v) is 4.59. The van der Waals surface area contributed by atoms with E-state index in [4.69, 9.17) is 14.2 Å². The van der Waals surface area contributed by atoms with Crippen LogP contribution in [0.5, 0.6) is 11.5 Å². The van der Waals surface area contributed by atoms with Gasteiger partial charge in [-0.05, 0) is 25.1 Å². The number of esters is 1. The van der Waals surface area contributed by atoms with Gasteiger partial charge in [0.05, 0.1) is 12.8 Å². The summed E-state index contributed by atoms with van der Waals surface area (Å²) >= 11 is 0. The molecular weight excluding hydrogens is 304 g/mol. The summed E-state index contributed by atoms with van der Waals surface area (Å²) in [6.45, 7) is 2.02. The maximum absolute atomic E-state index is 12.2. The molecule has 0 atom stereocenters. The highest BCUT2D eigenvalue weighted by Gasteiger charge is 2.17. The number of aromatic nitrogens is 3. The number of hydrogen-bond acceptors (Lipinski definition) is 7. The van der Waals surface area contributed by atoms with E-state index in [0.29, 0.717) is 17.1 Å². The van der Waals surface area contributed by atoms with E-state index in [1.807, 2.05) is 0 Å². The van der Waals surface area contributed by atoms with E-state index in [1.54, 1.807) is 25.1 Å². The van der Waals surface area contributed by atoms with Gasteiger partial charge < -0.3 is 19.5 Å². The molecule has 9 nitrogen and oxygen atoms in total. The SMILES string of the molecule is CCOC(=O)Cn1ncc(NC(=O)c2ccc3c(c2)OCO3)n1. The zero-order valence-electron chi connectivity index (χ0n) is 12.3. The van der Waals surface area contributed by atoms with Crippen molar-refractivity contribution < 1.29 is 23.8 Å². The Bertz CT molecular complexity index is 743. The molecule has 1 aromatic carbocycles. The molecule has 1 aliphatic heterocycles. The fourth-order valence-corrected chi connectivity index (χ4v) is 1.98. The highest BCUT2D eigenvalue weighted by Crippen LogP contribution is 2.32. The molecule has 0 spiro atoms. The lowest BCUT2D eigenvalue weighted by atomic mass is 10.2. The van der Waals surface area contributed by atoms with Crippen LogP contribution in [0.2, 0.25) is 0 Å². The van der Waals surface area contributed by atoms with E-state index in [2.05, 4.69) is 15.5 Å². The van der Waals surface area contributed by atoms with E-state index in [1.165, 1.54) is 6.20 Å². The predicted octanol–water partition coefficient (Wildman–Crippen LogP) is 0.822. The number of nitrogens with one attached hydrogen (secondary N) is 1. The number of fused-ring (bicyclic) bond motifs is 1. The topological polar surface area (TPSA) is 105 Å². The molecule has 0 fully saturated rings. The fourth-order valence-electron chi connectivity index (χ4n) is 1.98. The van der Waals surface area contributed by atoms with Crippen LogP contribution in [-0.4, -0.2) is 40.3 Å². The molecular formula is C14H14N4O5. The standard InChI is InChI=1S/C14H14N4O5/c1-2-21-13(19)7-18-15-6-12(17-18)16-14(20)9-3-4-10-11(5-9)23-8-22-10/h3-6H,2,7-8H2,1H3,(H,16,17,20). The number of amides is 1. The number of carbonyl (C=O) groups excluding carboxylic acids is 2. The van der Waals surface area contributed by atoms with Gasteiger partial charge in [0.25, 0.3) is 5.91 Å². The van der Waals surface area contributed by atoms with E-state index in [0.717, 1.165) is 4.80 Å². The number of hydrogen-bond donors (Lipinski definition) is 1. The Morgan fingerprint density at radius 3 is 3.00 bits per heavy atom. The average Bonchev–Trinajstić information content (AvgIpc) is 3.15. The summed E-state index contributed by atoms with van der Waals surface area (Å²) in [5.74, 6) is 0.533. The third-order valence-corrected chi connectivity index (χ3v) is 2.99. The number of benzene rings is 1. The number of rotatable bonds is 5. The van der Waals surface area contributed by atoms with Crippen molar-refractivity contribution in [3.8, 4) is 11.5 Å². The smallest absolute Gasteiger partial charge is 0.329 e. The van der Waals surface area contributed by atoms with Crippen molar-refractivity contribution in [2.24, 2.45) is 0 Å². The number of carbonyl (C=O) groups is 2.